The Morgan fingerprint density at radius 1 is 1.05 bits per heavy atom. The molecule has 0 saturated carbocycles. The molecular formula is C15H13ClN4. The van der Waals surface area contributed by atoms with Gasteiger partial charge in [-0.15, -0.1) is 0 Å². The quantitative estimate of drug-likeness (QED) is 0.751. The first-order valence-electron chi connectivity index (χ1n) is 6.19. The Bertz CT molecular complexity index is 719. The summed E-state index contributed by atoms with van der Waals surface area (Å²) in [5.74, 6) is 0. The van der Waals surface area contributed by atoms with Gasteiger partial charge < -0.3 is 5.73 Å². The average molecular weight is 285 g/mol. The Morgan fingerprint density at radius 2 is 1.85 bits per heavy atom. The van der Waals surface area contributed by atoms with Gasteiger partial charge in [0.25, 0.3) is 0 Å². The molecule has 5 heteroatoms. The third-order valence-electron chi connectivity index (χ3n) is 3.07. The van der Waals surface area contributed by atoms with Crippen molar-refractivity contribution in [3.8, 4) is 11.1 Å². The lowest BCUT2D eigenvalue weighted by Crippen LogP contribution is -2.00. The Morgan fingerprint density at radius 3 is 2.60 bits per heavy atom. The third kappa shape index (κ3) is 2.65. The highest BCUT2D eigenvalue weighted by atomic mass is 35.5. The minimum Gasteiger partial charge on any atom is -0.399 e. The zero-order valence-corrected chi connectivity index (χ0v) is 11.5. The molecule has 0 bridgehead atoms. The largest absolute Gasteiger partial charge is 0.399 e. The summed E-state index contributed by atoms with van der Waals surface area (Å²) in [5, 5.41) is 5.01. The lowest BCUT2D eigenvalue weighted by Gasteiger charge is -2.03. The fourth-order valence-electron chi connectivity index (χ4n) is 1.98. The molecule has 0 amide bonds. The van der Waals surface area contributed by atoms with Crippen molar-refractivity contribution in [1.82, 2.24) is 14.8 Å². The van der Waals surface area contributed by atoms with Crippen molar-refractivity contribution in [3.05, 3.63) is 65.7 Å². The van der Waals surface area contributed by atoms with Gasteiger partial charge in [0.15, 0.2) is 0 Å². The first-order valence-corrected chi connectivity index (χ1v) is 6.57. The highest BCUT2D eigenvalue weighted by Crippen LogP contribution is 2.21. The van der Waals surface area contributed by atoms with Crippen LogP contribution in [0.3, 0.4) is 0 Å². The maximum atomic E-state index is 6.10. The number of nitrogen functional groups attached to an aromatic ring is 1. The molecule has 0 atom stereocenters. The lowest BCUT2D eigenvalue weighted by atomic mass is 10.1. The van der Waals surface area contributed by atoms with Crippen LogP contribution >= 0.6 is 11.6 Å². The van der Waals surface area contributed by atoms with E-state index in [9.17, 15) is 0 Å². The minimum absolute atomic E-state index is 0.621. The zero-order chi connectivity index (χ0) is 13.9. The molecule has 3 aromatic rings. The van der Waals surface area contributed by atoms with E-state index in [4.69, 9.17) is 17.3 Å². The van der Waals surface area contributed by atoms with Crippen LogP contribution in [0.2, 0.25) is 5.02 Å². The number of nitrogens with two attached hydrogens (primary N) is 1. The van der Waals surface area contributed by atoms with Crippen LogP contribution in [0.1, 0.15) is 5.56 Å². The first-order chi connectivity index (χ1) is 9.72. The van der Waals surface area contributed by atoms with Gasteiger partial charge in [0.05, 0.1) is 17.8 Å². The molecule has 0 radical (unpaired) electrons. The molecule has 0 unspecified atom stereocenters. The number of anilines is 1. The number of pyridine rings is 1. The third-order valence-corrected chi connectivity index (χ3v) is 3.41. The van der Waals surface area contributed by atoms with Crippen molar-refractivity contribution in [3.63, 3.8) is 0 Å². The highest BCUT2D eigenvalue weighted by molar-refractivity contribution is 6.31. The molecule has 2 heterocycles. The van der Waals surface area contributed by atoms with E-state index in [1.165, 1.54) is 0 Å². The van der Waals surface area contributed by atoms with Crippen LogP contribution in [-0.2, 0) is 6.54 Å². The van der Waals surface area contributed by atoms with Crippen LogP contribution in [-0.4, -0.2) is 14.8 Å². The van der Waals surface area contributed by atoms with Gasteiger partial charge in [0.1, 0.15) is 0 Å². The van der Waals surface area contributed by atoms with Gasteiger partial charge in [-0.3, -0.25) is 9.67 Å². The van der Waals surface area contributed by atoms with E-state index < -0.39 is 0 Å². The van der Waals surface area contributed by atoms with E-state index in [-0.39, 0.29) is 0 Å². The summed E-state index contributed by atoms with van der Waals surface area (Å²) in [5.41, 5.74) is 9.58. The van der Waals surface area contributed by atoms with Crippen LogP contribution in [0, 0.1) is 0 Å². The van der Waals surface area contributed by atoms with Crippen molar-refractivity contribution in [2.24, 2.45) is 0 Å². The molecule has 0 fully saturated rings. The van der Waals surface area contributed by atoms with E-state index in [1.54, 1.807) is 12.4 Å². The normalized spacial score (nSPS) is 10.7. The van der Waals surface area contributed by atoms with E-state index in [2.05, 4.69) is 10.1 Å². The molecule has 3 rings (SSSR count). The summed E-state index contributed by atoms with van der Waals surface area (Å²) < 4.78 is 1.85. The van der Waals surface area contributed by atoms with E-state index in [0.29, 0.717) is 11.6 Å². The van der Waals surface area contributed by atoms with Gasteiger partial charge in [-0.2, -0.15) is 5.10 Å². The standard InChI is InChI=1S/C15H13ClN4/c16-15-8-18-6-5-12(15)9-20-10-13(7-19-20)11-1-3-14(17)4-2-11/h1-8,10H,9,17H2. The van der Waals surface area contributed by atoms with Crippen molar-refractivity contribution < 1.29 is 0 Å². The van der Waals surface area contributed by atoms with Gasteiger partial charge in [-0.05, 0) is 29.3 Å². The smallest absolute Gasteiger partial charge is 0.0675 e. The molecular weight excluding hydrogens is 272 g/mol. The SMILES string of the molecule is Nc1ccc(-c2cnn(Cc3ccncc3Cl)c2)cc1. The van der Waals surface area contributed by atoms with Crippen LogP contribution in [0.25, 0.3) is 11.1 Å². The Labute approximate surface area is 121 Å². The number of rotatable bonds is 3. The second kappa shape index (κ2) is 5.35. The van der Waals surface area contributed by atoms with Gasteiger partial charge in [0.2, 0.25) is 0 Å². The van der Waals surface area contributed by atoms with Gasteiger partial charge in [-0.25, -0.2) is 0 Å². The summed E-state index contributed by atoms with van der Waals surface area (Å²) in [4.78, 5) is 3.97. The van der Waals surface area contributed by atoms with Crippen molar-refractivity contribution in [1.29, 1.82) is 0 Å². The number of hydrogen-bond acceptors (Lipinski definition) is 3. The fraction of sp³-hybridized carbons (Fsp3) is 0.0667. The first kappa shape index (κ1) is 12.7. The summed E-state index contributed by atoms with van der Waals surface area (Å²) >= 11 is 6.10. The van der Waals surface area contributed by atoms with E-state index in [1.807, 2.05) is 47.4 Å². The summed E-state index contributed by atoms with van der Waals surface area (Å²) in [7, 11) is 0. The topological polar surface area (TPSA) is 56.7 Å². The number of halogens is 1. The number of aromatic nitrogens is 3. The summed E-state index contributed by atoms with van der Waals surface area (Å²) in [6.45, 7) is 0.621. The van der Waals surface area contributed by atoms with Gasteiger partial charge >= 0.3 is 0 Å². The van der Waals surface area contributed by atoms with Crippen molar-refractivity contribution in [2.45, 2.75) is 6.54 Å². The van der Waals surface area contributed by atoms with Crippen molar-refractivity contribution in [2.75, 3.05) is 5.73 Å². The maximum Gasteiger partial charge on any atom is 0.0675 e. The van der Waals surface area contributed by atoms with Crippen LogP contribution in [0.5, 0.6) is 0 Å². The van der Waals surface area contributed by atoms with Crippen molar-refractivity contribution >= 4 is 17.3 Å². The van der Waals surface area contributed by atoms with Crippen LogP contribution in [0.4, 0.5) is 5.69 Å². The molecule has 1 aromatic carbocycles. The fourth-order valence-corrected chi connectivity index (χ4v) is 2.16. The monoisotopic (exact) mass is 284 g/mol. The van der Waals surface area contributed by atoms with Crippen LogP contribution in [0.15, 0.2) is 55.1 Å². The zero-order valence-electron chi connectivity index (χ0n) is 10.7. The molecule has 0 aliphatic rings. The molecule has 0 spiro atoms. The second-order valence-corrected chi connectivity index (χ2v) is 4.92. The maximum absolute atomic E-state index is 6.10. The van der Waals surface area contributed by atoms with E-state index in [0.717, 1.165) is 22.4 Å². The Balaban J connectivity index is 1.84. The molecule has 100 valence electrons. The van der Waals surface area contributed by atoms with Crippen LogP contribution < -0.4 is 5.73 Å². The molecule has 2 aromatic heterocycles. The highest BCUT2D eigenvalue weighted by Gasteiger charge is 2.04. The average Bonchev–Trinajstić information content (AvgIpc) is 2.91. The summed E-state index contributed by atoms with van der Waals surface area (Å²) in [6, 6.07) is 9.62. The molecule has 2 N–H and O–H groups in total. The second-order valence-electron chi connectivity index (χ2n) is 4.52. The predicted molar refractivity (Wildman–Crippen MR) is 80.4 cm³/mol. The minimum atomic E-state index is 0.621. The number of nitrogens with zero attached hydrogens (tertiary/aromatic N) is 3. The molecule has 0 aliphatic heterocycles. The molecule has 20 heavy (non-hydrogen) atoms. The lowest BCUT2D eigenvalue weighted by molar-refractivity contribution is 0.686. The number of benzene rings is 1. The molecule has 0 aliphatic carbocycles. The Hall–Kier alpha value is -2.33. The summed E-state index contributed by atoms with van der Waals surface area (Å²) in [6.07, 6.45) is 7.19. The molecule has 0 saturated heterocycles. The molecule has 4 nitrogen and oxygen atoms in total. The predicted octanol–water partition coefficient (Wildman–Crippen LogP) is 3.23. The number of hydrogen-bond donors (Lipinski definition) is 1. The van der Waals surface area contributed by atoms with E-state index >= 15 is 0 Å². The van der Waals surface area contributed by atoms with Gasteiger partial charge in [-0.1, -0.05) is 23.7 Å². The van der Waals surface area contributed by atoms with Gasteiger partial charge in [0, 0.05) is 29.8 Å². The Kier molecular flexibility index (Phi) is 3.39.